The quantitative estimate of drug-likeness (QED) is 0.889. The topological polar surface area (TPSA) is 80.3 Å². The molecule has 1 atom stereocenters. The molecule has 2 rings (SSSR count). The van der Waals surface area contributed by atoms with Crippen LogP contribution in [-0.2, 0) is 19.7 Å². The molecule has 1 unspecified atom stereocenters. The van der Waals surface area contributed by atoms with Crippen molar-refractivity contribution >= 4 is 25.4 Å². The lowest BCUT2D eigenvalue weighted by Gasteiger charge is -2.15. The van der Waals surface area contributed by atoms with E-state index in [0.717, 1.165) is 0 Å². The van der Waals surface area contributed by atoms with Crippen LogP contribution in [0.4, 0.5) is 5.69 Å². The van der Waals surface area contributed by atoms with E-state index in [-0.39, 0.29) is 22.9 Å². The van der Waals surface area contributed by atoms with Crippen LogP contribution in [0.25, 0.3) is 0 Å². The van der Waals surface area contributed by atoms with Crippen LogP contribution in [0.5, 0.6) is 0 Å². The molecule has 5 nitrogen and oxygen atoms in total. The van der Waals surface area contributed by atoms with Gasteiger partial charge in [-0.1, -0.05) is 19.1 Å². The molecule has 1 N–H and O–H groups in total. The molecule has 1 aliphatic heterocycles. The highest BCUT2D eigenvalue weighted by Gasteiger charge is 2.31. The van der Waals surface area contributed by atoms with Crippen LogP contribution in [0.1, 0.15) is 19.8 Å². The summed E-state index contributed by atoms with van der Waals surface area (Å²) in [5.74, 6) is 0.252. The van der Waals surface area contributed by atoms with Crippen molar-refractivity contribution in [2.75, 3.05) is 23.4 Å². The van der Waals surface area contributed by atoms with Gasteiger partial charge in [0.15, 0.2) is 19.7 Å². The zero-order valence-corrected chi connectivity index (χ0v) is 13.0. The molecule has 0 bridgehead atoms. The molecule has 0 amide bonds. The number of benzene rings is 1. The predicted molar refractivity (Wildman–Crippen MR) is 79.5 cm³/mol. The van der Waals surface area contributed by atoms with Crippen LogP contribution in [0, 0.1) is 0 Å². The highest BCUT2D eigenvalue weighted by atomic mass is 32.2. The minimum Gasteiger partial charge on any atom is -0.383 e. The maximum absolute atomic E-state index is 12.0. The Labute approximate surface area is 120 Å². The normalized spacial score (nSPS) is 21.8. The first-order valence-electron chi connectivity index (χ1n) is 6.64. The third kappa shape index (κ3) is 3.15. The Balaban J connectivity index is 2.19. The highest BCUT2D eigenvalue weighted by Crippen LogP contribution is 2.24. The summed E-state index contributed by atoms with van der Waals surface area (Å²) in [6.07, 6.45) is 1.32. The van der Waals surface area contributed by atoms with Gasteiger partial charge in [0.05, 0.1) is 27.3 Å². The number of hydrogen-bond acceptors (Lipinski definition) is 5. The predicted octanol–water partition coefficient (Wildman–Crippen LogP) is 1.47. The lowest BCUT2D eigenvalue weighted by Crippen LogP contribution is -2.25. The summed E-state index contributed by atoms with van der Waals surface area (Å²) >= 11 is 0. The van der Waals surface area contributed by atoms with Crippen LogP contribution >= 0.6 is 0 Å². The van der Waals surface area contributed by atoms with Gasteiger partial charge in [0.1, 0.15) is 0 Å². The molecule has 20 heavy (non-hydrogen) atoms. The molecule has 0 spiro atoms. The average molecular weight is 317 g/mol. The highest BCUT2D eigenvalue weighted by molar-refractivity contribution is 7.92. The van der Waals surface area contributed by atoms with E-state index in [1.54, 1.807) is 31.2 Å². The van der Waals surface area contributed by atoms with Crippen LogP contribution in [-0.4, -0.2) is 40.1 Å². The van der Waals surface area contributed by atoms with Crippen molar-refractivity contribution < 1.29 is 16.8 Å². The van der Waals surface area contributed by atoms with Gasteiger partial charge in [-0.3, -0.25) is 0 Å². The lowest BCUT2D eigenvalue weighted by atomic mass is 10.2. The van der Waals surface area contributed by atoms with Gasteiger partial charge in [-0.05, 0) is 25.0 Å². The van der Waals surface area contributed by atoms with E-state index in [1.807, 2.05) is 0 Å². The second-order valence-electron chi connectivity index (χ2n) is 4.91. The Kier molecular flexibility index (Phi) is 4.39. The first-order valence-corrected chi connectivity index (χ1v) is 10.0. The average Bonchev–Trinajstić information content (AvgIpc) is 2.75. The molecule has 1 saturated heterocycles. The number of anilines is 1. The van der Waals surface area contributed by atoms with Gasteiger partial charge in [0, 0.05) is 6.54 Å². The monoisotopic (exact) mass is 317 g/mol. The number of rotatable bonds is 5. The SMILES string of the molecule is CCS(=O)(=O)c1ccccc1NCC1CCCS1(=O)=O. The third-order valence-corrected chi connectivity index (χ3v) is 7.65. The van der Waals surface area contributed by atoms with Crippen molar-refractivity contribution in [3.63, 3.8) is 0 Å². The fourth-order valence-corrected chi connectivity index (χ4v) is 5.19. The Morgan fingerprint density at radius 3 is 2.60 bits per heavy atom. The van der Waals surface area contributed by atoms with Gasteiger partial charge < -0.3 is 5.32 Å². The molecule has 112 valence electrons. The molecule has 1 aromatic rings. The van der Waals surface area contributed by atoms with E-state index >= 15 is 0 Å². The van der Waals surface area contributed by atoms with Crippen LogP contribution in [0.2, 0.25) is 0 Å². The Bertz CT molecular complexity index is 680. The van der Waals surface area contributed by atoms with Gasteiger partial charge >= 0.3 is 0 Å². The fraction of sp³-hybridized carbons (Fsp3) is 0.538. The van der Waals surface area contributed by atoms with Gasteiger partial charge in [-0.15, -0.1) is 0 Å². The molecule has 1 fully saturated rings. The largest absolute Gasteiger partial charge is 0.383 e. The Morgan fingerprint density at radius 2 is 2.00 bits per heavy atom. The number of nitrogens with one attached hydrogen (secondary N) is 1. The summed E-state index contributed by atoms with van der Waals surface area (Å²) in [6, 6.07) is 6.62. The maximum atomic E-state index is 12.0. The van der Waals surface area contributed by atoms with Crippen molar-refractivity contribution in [3.05, 3.63) is 24.3 Å². The summed E-state index contributed by atoms with van der Waals surface area (Å²) in [4.78, 5) is 0.234. The smallest absolute Gasteiger partial charge is 0.180 e. The molecule has 1 aromatic carbocycles. The minimum atomic E-state index is -3.32. The van der Waals surface area contributed by atoms with E-state index < -0.39 is 24.9 Å². The number of para-hydroxylation sites is 1. The molecule has 7 heteroatoms. The second-order valence-corrected chi connectivity index (χ2v) is 9.56. The molecule has 0 radical (unpaired) electrons. The summed E-state index contributed by atoms with van der Waals surface area (Å²) in [7, 11) is -6.34. The van der Waals surface area contributed by atoms with Crippen molar-refractivity contribution in [3.8, 4) is 0 Å². The summed E-state index contributed by atoms with van der Waals surface area (Å²) in [6.45, 7) is 1.85. The summed E-state index contributed by atoms with van der Waals surface area (Å²) in [5.41, 5.74) is 0.483. The zero-order chi connectivity index (χ0) is 14.8. The van der Waals surface area contributed by atoms with E-state index in [4.69, 9.17) is 0 Å². The Hall–Kier alpha value is -1.08. The number of hydrogen-bond donors (Lipinski definition) is 1. The molecule has 1 aliphatic rings. The molecule has 0 aromatic heterocycles. The third-order valence-electron chi connectivity index (χ3n) is 3.59. The molecular formula is C13H19NO4S2. The summed E-state index contributed by atoms with van der Waals surface area (Å²) in [5, 5.41) is 2.58. The van der Waals surface area contributed by atoms with Gasteiger partial charge in [0.25, 0.3) is 0 Å². The van der Waals surface area contributed by atoms with Gasteiger partial charge in [0.2, 0.25) is 0 Å². The maximum Gasteiger partial charge on any atom is 0.180 e. The fourth-order valence-electron chi connectivity index (χ4n) is 2.35. The van der Waals surface area contributed by atoms with E-state index in [2.05, 4.69) is 5.32 Å². The minimum absolute atomic E-state index is 0.0213. The number of sulfone groups is 2. The van der Waals surface area contributed by atoms with Crippen molar-refractivity contribution in [1.82, 2.24) is 0 Å². The molecule has 0 saturated carbocycles. The van der Waals surface area contributed by atoms with Gasteiger partial charge in [-0.25, -0.2) is 16.8 Å². The standard InChI is InChI=1S/C13H19NO4S2/c1-2-19(15,16)13-8-4-3-7-12(13)14-10-11-6-5-9-20(11,17)18/h3-4,7-8,11,14H,2,5-6,9-10H2,1H3. The molecule has 1 heterocycles. The van der Waals surface area contributed by atoms with Crippen molar-refractivity contribution in [1.29, 1.82) is 0 Å². The van der Waals surface area contributed by atoms with Crippen LogP contribution in [0.3, 0.4) is 0 Å². The van der Waals surface area contributed by atoms with Crippen LogP contribution < -0.4 is 5.32 Å². The van der Waals surface area contributed by atoms with Gasteiger partial charge in [-0.2, -0.15) is 0 Å². The zero-order valence-electron chi connectivity index (χ0n) is 11.4. The van der Waals surface area contributed by atoms with E-state index in [9.17, 15) is 16.8 Å². The van der Waals surface area contributed by atoms with Crippen molar-refractivity contribution in [2.45, 2.75) is 29.9 Å². The first kappa shape index (κ1) is 15.3. The summed E-state index contributed by atoms with van der Waals surface area (Å²) < 4.78 is 47.5. The van der Waals surface area contributed by atoms with E-state index in [0.29, 0.717) is 18.5 Å². The lowest BCUT2D eigenvalue weighted by molar-refractivity contribution is 0.591. The van der Waals surface area contributed by atoms with Crippen LogP contribution in [0.15, 0.2) is 29.2 Å². The van der Waals surface area contributed by atoms with E-state index in [1.165, 1.54) is 0 Å². The first-order chi connectivity index (χ1) is 9.37. The van der Waals surface area contributed by atoms with Crippen molar-refractivity contribution in [2.24, 2.45) is 0 Å². The Morgan fingerprint density at radius 1 is 1.30 bits per heavy atom. The molecule has 0 aliphatic carbocycles. The molecular weight excluding hydrogens is 298 g/mol. The second kappa shape index (κ2) is 5.73.